The van der Waals surface area contributed by atoms with Crippen molar-refractivity contribution >= 4 is 55.7 Å². The number of thiazole rings is 1. The van der Waals surface area contributed by atoms with Gasteiger partial charge in [0.2, 0.25) is 5.91 Å². The zero-order chi connectivity index (χ0) is 47.4. The number of nitrogens with one attached hydrogen (secondary N) is 2. The SMILES string of the molecule is CCn1c(-c2cccnc2[C@H](C)OC)c2c3cc(ccc31)-c1csc(n1)C[C@H](NC(=O)[C@H](C(C)C)N(C)C(=O)N1CCOCC1CN(C)C)C(=O)N1CCC[C@H]([Si]N1)C(=O)OCC(C)(C)C2. The van der Waals surface area contributed by atoms with Crippen molar-refractivity contribution in [3.05, 3.63) is 58.2 Å². The van der Waals surface area contributed by atoms with E-state index in [-0.39, 0.29) is 58.7 Å². The van der Waals surface area contributed by atoms with Gasteiger partial charge in [-0.15, -0.1) is 11.3 Å². The predicted octanol–water partition coefficient (Wildman–Crippen LogP) is 5.58. The first-order chi connectivity index (χ1) is 31.5. The van der Waals surface area contributed by atoms with Gasteiger partial charge in [-0.1, -0.05) is 33.8 Å². The van der Waals surface area contributed by atoms with Gasteiger partial charge in [0, 0.05) is 85.8 Å². The number of amides is 4. The summed E-state index contributed by atoms with van der Waals surface area (Å²) in [5.41, 5.74) is 5.82. The Morgan fingerprint density at radius 1 is 1.14 bits per heavy atom. The van der Waals surface area contributed by atoms with Crippen LogP contribution in [0.2, 0.25) is 5.54 Å². The molecule has 3 aliphatic heterocycles. The molecule has 2 N–H and O–H groups in total. The number of likely N-dealkylation sites (N-methyl/N-ethyl adjacent to an activating group) is 2. The Morgan fingerprint density at radius 3 is 2.65 bits per heavy atom. The Morgan fingerprint density at radius 2 is 1.92 bits per heavy atom. The van der Waals surface area contributed by atoms with Gasteiger partial charge in [0.1, 0.15) is 12.1 Å². The highest BCUT2D eigenvalue weighted by Crippen LogP contribution is 2.42. The monoisotopic (exact) mass is 941 g/mol. The summed E-state index contributed by atoms with van der Waals surface area (Å²) < 4.78 is 20.1. The van der Waals surface area contributed by atoms with Crippen LogP contribution in [0.15, 0.2) is 41.9 Å². The van der Waals surface area contributed by atoms with E-state index in [1.165, 1.54) is 21.2 Å². The number of ether oxygens (including phenoxy) is 3. The maximum absolute atomic E-state index is 14.7. The Kier molecular flexibility index (Phi) is 15.7. The van der Waals surface area contributed by atoms with Crippen LogP contribution in [0.5, 0.6) is 0 Å². The van der Waals surface area contributed by atoms with Crippen molar-refractivity contribution in [3.8, 4) is 22.5 Å². The second kappa shape index (κ2) is 21.1. The van der Waals surface area contributed by atoms with Crippen molar-refractivity contribution in [2.45, 2.75) is 104 Å². The number of morpholine rings is 1. The van der Waals surface area contributed by atoms with Crippen molar-refractivity contribution in [1.82, 2.24) is 44.7 Å². The van der Waals surface area contributed by atoms with E-state index in [0.717, 1.165) is 44.7 Å². The fraction of sp³-hybridized carbons (Fsp3) is 0.583. The van der Waals surface area contributed by atoms with E-state index in [1.54, 1.807) is 25.3 Å². The first-order valence-electron chi connectivity index (χ1n) is 23.1. The number of hydrogen-bond acceptors (Lipinski definition) is 12. The smallest absolute Gasteiger partial charge is 0.320 e. The van der Waals surface area contributed by atoms with E-state index >= 15 is 0 Å². The molecule has 16 nitrogen and oxygen atoms in total. The molecule has 0 aliphatic carbocycles. The number of carbonyl (C=O) groups excluding carboxylic acids is 4. The molecule has 6 bridgehead atoms. The number of fused-ring (bicyclic) bond motifs is 7. The maximum atomic E-state index is 14.7. The molecule has 2 saturated heterocycles. The van der Waals surface area contributed by atoms with Gasteiger partial charge in [0.15, 0.2) is 9.68 Å². The number of pyridine rings is 1. The third-order valence-electron chi connectivity index (χ3n) is 12.9. The summed E-state index contributed by atoms with van der Waals surface area (Å²) >= 11 is 1.44. The average molecular weight is 942 g/mol. The third kappa shape index (κ3) is 10.7. The number of aromatic nitrogens is 3. The number of benzene rings is 1. The highest BCUT2D eigenvalue weighted by atomic mass is 32.1. The summed E-state index contributed by atoms with van der Waals surface area (Å²) in [7, 11) is 7.14. The van der Waals surface area contributed by atoms with Crippen molar-refractivity contribution in [1.29, 1.82) is 0 Å². The number of esters is 1. The number of cyclic esters (lactones) is 1. The zero-order valence-electron chi connectivity index (χ0n) is 40.2. The Labute approximate surface area is 395 Å². The molecule has 18 heteroatoms. The summed E-state index contributed by atoms with van der Waals surface area (Å²) in [6, 6.07) is 8.15. The van der Waals surface area contributed by atoms with Crippen molar-refractivity contribution < 1.29 is 33.4 Å². The highest BCUT2D eigenvalue weighted by Gasteiger charge is 2.39. The number of rotatable bonds is 10. The van der Waals surface area contributed by atoms with Crippen LogP contribution in [0.4, 0.5) is 4.79 Å². The van der Waals surface area contributed by atoms with Gasteiger partial charge < -0.3 is 38.8 Å². The molecule has 1 unspecified atom stereocenters. The molecule has 2 radical (unpaired) electrons. The maximum Gasteiger partial charge on any atom is 0.320 e. The van der Waals surface area contributed by atoms with Crippen molar-refractivity contribution in [3.63, 3.8) is 0 Å². The van der Waals surface area contributed by atoms with Gasteiger partial charge in [0.25, 0.3) is 5.91 Å². The van der Waals surface area contributed by atoms with Crippen LogP contribution in [-0.4, -0.2) is 154 Å². The van der Waals surface area contributed by atoms with Crippen molar-refractivity contribution in [2.75, 3.05) is 67.7 Å². The zero-order valence-corrected chi connectivity index (χ0v) is 42.0. The van der Waals surface area contributed by atoms with E-state index in [2.05, 4.69) is 60.0 Å². The predicted molar refractivity (Wildman–Crippen MR) is 257 cm³/mol. The fourth-order valence-electron chi connectivity index (χ4n) is 9.51. The third-order valence-corrected chi connectivity index (χ3v) is 15.0. The topological polar surface area (TPSA) is 164 Å². The molecule has 1 aromatic carbocycles. The summed E-state index contributed by atoms with van der Waals surface area (Å²) in [5.74, 6) is -1.35. The lowest BCUT2D eigenvalue weighted by Crippen LogP contribution is -2.62. The second-order valence-corrected chi connectivity index (χ2v) is 21.3. The molecule has 5 atom stereocenters. The molecule has 4 aromatic rings. The number of carbonyl (C=O) groups is 4. The summed E-state index contributed by atoms with van der Waals surface area (Å²) in [6.07, 6.45) is 3.38. The normalized spacial score (nSPS) is 21.6. The van der Waals surface area contributed by atoms with Gasteiger partial charge in [-0.2, -0.15) is 0 Å². The lowest BCUT2D eigenvalue weighted by atomic mass is 9.84. The van der Waals surface area contributed by atoms with Gasteiger partial charge in [-0.3, -0.25) is 29.5 Å². The summed E-state index contributed by atoms with van der Waals surface area (Å²) in [5, 5.41) is 11.6. The van der Waals surface area contributed by atoms with E-state index < -0.39 is 28.9 Å². The number of hydrazine groups is 1. The van der Waals surface area contributed by atoms with Crippen LogP contribution in [0.25, 0.3) is 33.4 Å². The average Bonchev–Trinajstić information content (AvgIpc) is 3.78. The largest absolute Gasteiger partial charge is 0.465 e. The Hall–Kier alpha value is -4.72. The number of methoxy groups -OCH3 is 1. The van der Waals surface area contributed by atoms with Crippen LogP contribution in [0.3, 0.4) is 0 Å². The standard InChI is InChI=1S/C48H67N9O7SSi/c1-11-55-38-17-16-31-22-34(38)35(43(55)33-14-12-18-49-41(33)30(4)62-10)24-48(5,6)28-64-46(60)39-15-13-19-57(52-66-39)45(59)36(23-40-50-37(31)27-65-40)51-44(58)42(29(2)3)54(9)47(61)56-20-21-63-26-32(56)25-53(7)8/h12,14,16-18,22,27,29-30,32,36,39,42,52H,11,13,15,19-21,23-26,28H2,1-10H3,(H,51,58)/t30-,32?,36-,39-,42-/m0/s1. The molecule has 3 aromatic heterocycles. The molecule has 356 valence electrons. The number of nitrogens with zero attached hydrogens (tertiary/aromatic N) is 7. The Balaban J connectivity index is 1.28. The van der Waals surface area contributed by atoms with Gasteiger partial charge >= 0.3 is 12.0 Å². The molecule has 4 amide bonds. The van der Waals surface area contributed by atoms with E-state index in [1.807, 2.05) is 51.2 Å². The van der Waals surface area contributed by atoms with Gasteiger partial charge in [0.05, 0.1) is 59.6 Å². The first-order valence-corrected chi connectivity index (χ1v) is 25.1. The van der Waals surface area contributed by atoms with E-state index in [9.17, 15) is 19.2 Å². The number of aryl methyl sites for hydroxylation is 1. The number of hydrogen-bond donors (Lipinski definition) is 2. The molecule has 3 aliphatic rings. The minimum absolute atomic E-state index is 0.119. The van der Waals surface area contributed by atoms with Gasteiger partial charge in [-0.05, 0) is 83.0 Å². The fourth-order valence-corrected chi connectivity index (χ4v) is 11.4. The lowest BCUT2D eigenvalue weighted by molar-refractivity contribution is -0.146. The first kappa shape index (κ1) is 49.2. The van der Waals surface area contributed by atoms with Crippen LogP contribution in [-0.2, 0) is 48.0 Å². The van der Waals surface area contributed by atoms with E-state index in [4.69, 9.17) is 24.2 Å². The van der Waals surface area contributed by atoms with Crippen LogP contribution in [0.1, 0.15) is 76.8 Å². The lowest BCUT2D eigenvalue weighted by Gasteiger charge is -2.41. The molecule has 66 heavy (non-hydrogen) atoms. The summed E-state index contributed by atoms with van der Waals surface area (Å²) in [4.78, 5) is 72.6. The molecular formula is C48H67N9O7SSi. The minimum Gasteiger partial charge on any atom is -0.465 e. The molecule has 6 heterocycles. The highest BCUT2D eigenvalue weighted by molar-refractivity contribution is 7.10. The molecule has 2 fully saturated rings. The quantitative estimate of drug-likeness (QED) is 0.151. The number of urea groups is 1. The van der Waals surface area contributed by atoms with Crippen LogP contribution >= 0.6 is 11.3 Å². The van der Waals surface area contributed by atoms with Crippen LogP contribution < -0.4 is 10.4 Å². The Bertz CT molecular complexity index is 2390. The van der Waals surface area contributed by atoms with Crippen molar-refractivity contribution in [2.24, 2.45) is 11.3 Å². The van der Waals surface area contributed by atoms with Gasteiger partial charge in [-0.25, -0.2) is 9.78 Å². The molecule has 0 spiro atoms. The minimum atomic E-state index is -1.02. The molecule has 7 rings (SSSR count). The summed E-state index contributed by atoms with van der Waals surface area (Å²) in [6.45, 7) is 15.3. The van der Waals surface area contributed by atoms with E-state index in [0.29, 0.717) is 63.7 Å². The molecular weight excluding hydrogens is 875 g/mol. The second-order valence-electron chi connectivity index (χ2n) is 19.2. The molecule has 0 saturated carbocycles. The van der Waals surface area contributed by atoms with Crippen LogP contribution in [0, 0.1) is 11.3 Å².